The van der Waals surface area contributed by atoms with Crippen LogP contribution in [0.2, 0.25) is 0 Å². The number of rotatable bonds is 4. The molecule has 2 aliphatic heterocycles. The van der Waals surface area contributed by atoms with Crippen molar-refractivity contribution in [3.05, 3.63) is 42.0 Å². The van der Waals surface area contributed by atoms with Crippen LogP contribution in [0.4, 0.5) is 5.69 Å². The minimum Gasteiger partial charge on any atom is -0.497 e. The molecule has 2 aromatic rings. The fraction of sp³-hybridized carbons (Fsp3) is 0.474. The van der Waals surface area contributed by atoms with E-state index in [1.54, 1.807) is 7.11 Å². The second kappa shape index (κ2) is 7.37. The second-order valence-corrected chi connectivity index (χ2v) is 6.63. The van der Waals surface area contributed by atoms with Crippen LogP contribution in [0.5, 0.6) is 5.75 Å². The van der Waals surface area contributed by atoms with Gasteiger partial charge in [-0.1, -0.05) is 0 Å². The molecule has 3 heterocycles. The smallest absolute Gasteiger partial charge is 0.290 e. The number of ether oxygens (including phenoxy) is 2. The van der Waals surface area contributed by atoms with E-state index in [9.17, 15) is 4.79 Å². The van der Waals surface area contributed by atoms with Gasteiger partial charge in [-0.3, -0.25) is 4.79 Å². The quantitative estimate of drug-likeness (QED) is 0.910. The van der Waals surface area contributed by atoms with Crippen molar-refractivity contribution < 1.29 is 14.3 Å². The molecule has 2 aliphatic rings. The second-order valence-electron chi connectivity index (χ2n) is 6.63. The summed E-state index contributed by atoms with van der Waals surface area (Å²) in [6.45, 7) is 3.30. The van der Waals surface area contributed by atoms with Gasteiger partial charge in [0.15, 0.2) is 5.82 Å². The van der Waals surface area contributed by atoms with Crippen LogP contribution in [-0.4, -0.2) is 53.8 Å². The Morgan fingerprint density at radius 1 is 1.23 bits per heavy atom. The Hall–Kier alpha value is -2.54. The van der Waals surface area contributed by atoms with Gasteiger partial charge < -0.3 is 24.3 Å². The lowest BCUT2D eigenvalue weighted by atomic mass is 10.0. The highest BCUT2D eigenvalue weighted by atomic mass is 16.5. The predicted molar refractivity (Wildman–Crippen MR) is 97.5 cm³/mol. The third-order valence-corrected chi connectivity index (χ3v) is 5.04. The van der Waals surface area contributed by atoms with E-state index >= 15 is 0 Å². The average molecular weight is 356 g/mol. The number of imidazole rings is 1. The number of methoxy groups -OCH3 is 1. The molecule has 1 saturated heterocycles. The molecular formula is C19H24N4O3. The molecule has 138 valence electrons. The highest BCUT2D eigenvalue weighted by Crippen LogP contribution is 2.30. The van der Waals surface area contributed by atoms with Gasteiger partial charge in [0.05, 0.1) is 38.3 Å². The lowest BCUT2D eigenvalue weighted by Gasteiger charge is -2.29. The molecule has 0 saturated carbocycles. The number of aromatic nitrogens is 2. The molecular weight excluding hydrogens is 332 g/mol. The number of nitrogens with zero attached hydrogens (tertiary/aromatic N) is 3. The van der Waals surface area contributed by atoms with Crippen molar-refractivity contribution in [1.82, 2.24) is 14.5 Å². The standard InChI is InChI=1S/C19H24N4O3/c1-25-15-6-4-14(5-7-15)21-16-3-2-8-23-17(16)13-20-18(23)19(24)22-9-11-26-12-10-22/h4-7,13,16,21H,2-3,8-12H2,1H3/t16-/m0/s1. The van der Waals surface area contributed by atoms with Gasteiger partial charge in [0.25, 0.3) is 5.91 Å². The van der Waals surface area contributed by atoms with Crippen molar-refractivity contribution in [3.63, 3.8) is 0 Å². The summed E-state index contributed by atoms with van der Waals surface area (Å²) >= 11 is 0. The first-order valence-corrected chi connectivity index (χ1v) is 9.09. The monoisotopic (exact) mass is 356 g/mol. The summed E-state index contributed by atoms with van der Waals surface area (Å²) in [6.07, 6.45) is 3.87. The predicted octanol–water partition coefficient (Wildman–Crippen LogP) is 2.31. The maximum absolute atomic E-state index is 12.8. The van der Waals surface area contributed by atoms with E-state index in [0.29, 0.717) is 32.1 Å². The Bertz CT molecular complexity index is 766. The van der Waals surface area contributed by atoms with Crippen LogP contribution in [0.3, 0.4) is 0 Å². The highest BCUT2D eigenvalue weighted by molar-refractivity contribution is 5.91. The van der Waals surface area contributed by atoms with Crippen LogP contribution < -0.4 is 10.1 Å². The van der Waals surface area contributed by atoms with Gasteiger partial charge in [-0.15, -0.1) is 0 Å². The number of nitrogens with one attached hydrogen (secondary N) is 1. The summed E-state index contributed by atoms with van der Waals surface area (Å²) in [5.74, 6) is 1.38. The van der Waals surface area contributed by atoms with Crippen LogP contribution in [0.15, 0.2) is 30.5 Å². The SMILES string of the molecule is COc1ccc(N[C@H]2CCCn3c2cnc3C(=O)N2CCOCC2)cc1. The Kier molecular flexibility index (Phi) is 4.79. The van der Waals surface area contributed by atoms with E-state index in [2.05, 4.69) is 14.9 Å². The maximum atomic E-state index is 12.8. The van der Waals surface area contributed by atoms with Crippen LogP contribution in [-0.2, 0) is 11.3 Å². The lowest BCUT2D eigenvalue weighted by Crippen LogP contribution is -2.42. The molecule has 1 atom stereocenters. The van der Waals surface area contributed by atoms with Crippen LogP contribution >= 0.6 is 0 Å². The molecule has 1 amide bonds. The molecule has 0 radical (unpaired) electrons. The first-order chi connectivity index (χ1) is 12.8. The van der Waals surface area contributed by atoms with Crippen LogP contribution in [0.25, 0.3) is 0 Å². The first-order valence-electron chi connectivity index (χ1n) is 9.09. The largest absolute Gasteiger partial charge is 0.497 e. The van der Waals surface area contributed by atoms with Gasteiger partial charge in [-0.25, -0.2) is 4.98 Å². The van der Waals surface area contributed by atoms with Gasteiger partial charge in [-0.05, 0) is 37.1 Å². The number of carbonyl (C=O) groups is 1. The van der Waals surface area contributed by atoms with Crippen molar-refractivity contribution in [2.24, 2.45) is 0 Å². The first kappa shape index (κ1) is 16.9. The van der Waals surface area contributed by atoms with E-state index in [-0.39, 0.29) is 11.9 Å². The summed E-state index contributed by atoms with van der Waals surface area (Å²) in [5, 5.41) is 3.56. The number of amides is 1. The molecule has 1 fully saturated rings. The van der Waals surface area contributed by atoms with E-state index in [4.69, 9.17) is 9.47 Å². The fourth-order valence-electron chi connectivity index (χ4n) is 3.62. The third kappa shape index (κ3) is 3.26. The van der Waals surface area contributed by atoms with Gasteiger partial charge in [0, 0.05) is 25.3 Å². The molecule has 1 aromatic heterocycles. The van der Waals surface area contributed by atoms with E-state index in [0.717, 1.165) is 36.5 Å². The lowest BCUT2D eigenvalue weighted by molar-refractivity contribution is 0.0291. The molecule has 0 aliphatic carbocycles. The van der Waals surface area contributed by atoms with E-state index < -0.39 is 0 Å². The zero-order chi connectivity index (χ0) is 17.9. The van der Waals surface area contributed by atoms with Crippen molar-refractivity contribution in [3.8, 4) is 5.75 Å². The Balaban J connectivity index is 1.53. The number of hydrogen-bond acceptors (Lipinski definition) is 5. The van der Waals surface area contributed by atoms with E-state index in [1.165, 1.54) is 0 Å². The molecule has 0 bridgehead atoms. The summed E-state index contributed by atoms with van der Waals surface area (Å²) in [4.78, 5) is 19.1. The Morgan fingerprint density at radius 3 is 2.73 bits per heavy atom. The molecule has 4 rings (SSSR count). The highest BCUT2D eigenvalue weighted by Gasteiger charge is 2.29. The minimum atomic E-state index is 0.00430. The molecule has 7 nitrogen and oxygen atoms in total. The summed E-state index contributed by atoms with van der Waals surface area (Å²) in [7, 11) is 1.66. The zero-order valence-electron chi connectivity index (χ0n) is 15.0. The number of anilines is 1. The van der Waals surface area contributed by atoms with Crippen molar-refractivity contribution in [2.45, 2.75) is 25.4 Å². The molecule has 0 spiro atoms. The van der Waals surface area contributed by atoms with E-state index in [1.807, 2.05) is 35.4 Å². The summed E-state index contributed by atoms with van der Waals surface area (Å²) in [6, 6.07) is 8.05. The fourth-order valence-corrected chi connectivity index (χ4v) is 3.62. The van der Waals surface area contributed by atoms with Crippen LogP contribution in [0, 0.1) is 0 Å². The normalized spacial score (nSPS) is 19.7. The van der Waals surface area contributed by atoms with Crippen LogP contribution in [0.1, 0.15) is 35.2 Å². The minimum absolute atomic E-state index is 0.00430. The van der Waals surface area contributed by atoms with Crippen molar-refractivity contribution in [1.29, 1.82) is 0 Å². The number of carbonyl (C=O) groups excluding carboxylic acids is 1. The van der Waals surface area contributed by atoms with Crippen molar-refractivity contribution in [2.75, 3.05) is 38.7 Å². The number of fused-ring (bicyclic) bond motifs is 1. The molecule has 0 unspecified atom stereocenters. The topological polar surface area (TPSA) is 68.6 Å². The average Bonchev–Trinajstić information content (AvgIpc) is 3.14. The molecule has 7 heteroatoms. The Morgan fingerprint density at radius 2 is 2.00 bits per heavy atom. The summed E-state index contributed by atoms with van der Waals surface area (Å²) in [5.41, 5.74) is 2.11. The molecule has 1 aromatic carbocycles. The van der Waals surface area contributed by atoms with Gasteiger partial charge >= 0.3 is 0 Å². The summed E-state index contributed by atoms with van der Waals surface area (Å²) < 4.78 is 12.6. The van der Waals surface area contributed by atoms with Crippen molar-refractivity contribution >= 4 is 11.6 Å². The maximum Gasteiger partial charge on any atom is 0.290 e. The number of benzene rings is 1. The third-order valence-electron chi connectivity index (χ3n) is 5.04. The molecule has 26 heavy (non-hydrogen) atoms. The van der Waals surface area contributed by atoms with Gasteiger partial charge in [-0.2, -0.15) is 0 Å². The number of morpholine rings is 1. The zero-order valence-corrected chi connectivity index (χ0v) is 15.0. The Labute approximate surface area is 152 Å². The molecule has 1 N–H and O–H groups in total. The number of hydrogen-bond donors (Lipinski definition) is 1. The van der Waals surface area contributed by atoms with Gasteiger partial charge in [0.2, 0.25) is 0 Å². The van der Waals surface area contributed by atoms with Gasteiger partial charge in [0.1, 0.15) is 5.75 Å².